The summed E-state index contributed by atoms with van der Waals surface area (Å²) in [5, 5.41) is 6.08. The summed E-state index contributed by atoms with van der Waals surface area (Å²) in [5.41, 5.74) is -1.07. The molecule has 0 fully saturated rings. The molecule has 1 heterocycles. The first-order valence-corrected chi connectivity index (χ1v) is 2.73. The summed E-state index contributed by atoms with van der Waals surface area (Å²) in [7, 11) is 0. The predicted molar refractivity (Wildman–Crippen MR) is 29.6 cm³/mol. The highest BCUT2D eigenvalue weighted by atomic mass is 19.4. The third-order valence-corrected chi connectivity index (χ3v) is 0.967. The second kappa shape index (κ2) is 2.44. The van der Waals surface area contributed by atoms with Gasteiger partial charge in [0.05, 0.1) is 6.20 Å². The molecule has 0 aliphatic carbocycles. The smallest absolute Gasteiger partial charge is 0.237 e. The average Bonchev–Trinajstić information content (AvgIpc) is 1.86. The van der Waals surface area contributed by atoms with Crippen LogP contribution in [0.5, 0.6) is 0 Å². The third kappa shape index (κ3) is 1.86. The highest BCUT2D eigenvalue weighted by molar-refractivity contribution is 4.97. The van der Waals surface area contributed by atoms with Crippen LogP contribution in [-0.4, -0.2) is 15.2 Å². The minimum Gasteiger partial charge on any atom is -0.237 e. The van der Waals surface area contributed by atoms with E-state index in [1.165, 1.54) is 6.92 Å². The van der Waals surface area contributed by atoms with Crippen LogP contribution >= 0.6 is 0 Å². The van der Waals surface area contributed by atoms with E-state index in [2.05, 4.69) is 15.2 Å². The molecule has 1 aromatic rings. The standard InChI is InChI=1S/C5H4F3N3/c1-3-9-2-4(11-10-3)5(6,7)8/h2H,1H3. The Morgan fingerprint density at radius 2 is 1.91 bits per heavy atom. The molecule has 11 heavy (non-hydrogen) atoms. The van der Waals surface area contributed by atoms with Crippen molar-refractivity contribution in [2.45, 2.75) is 13.1 Å². The monoisotopic (exact) mass is 163 g/mol. The Balaban J connectivity index is 2.99. The van der Waals surface area contributed by atoms with Crippen LogP contribution in [-0.2, 0) is 6.18 Å². The van der Waals surface area contributed by atoms with Crippen molar-refractivity contribution in [2.24, 2.45) is 0 Å². The molecular formula is C5H4F3N3. The van der Waals surface area contributed by atoms with Crippen molar-refractivity contribution in [3.8, 4) is 0 Å². The Morgan fingerprint density at radius 1 is 1.27 bits per heavy atom. The molecule has 0 aromatic carbocycles. The quantitative estimate of drug-likeness (QED) is 0.576. The minimum atomic E-state index is -4.45. The van der Waals surface area contributed by atoms with E-state index in [0.29, 0.717) is 6.20 Å². The summed E-state index contributed by atoms with van der Waals surface area (Å²) >= 11 is 0. The second-order valence-electron chi connectivity index (χ2n) is 1.89. The largest absolute Gasteiger partial charge is 0.436 e. The fourth-order valence-corrected chi connectivity index (χ4v) is 0.462. The SMILES string of the molecule is Cc1ncc(C(F)(F)F)nn1. The van der Waals surface area contributed by atoms with Gasteiger partial charge >= 0.3 is 6.18 Å². The van der Waals surface area contributed by atoms with Gasteiger partial charge in [0.25, 0.3) is 0 Å². The highest BCUT2D eigenvalue weighted by Crippen LogP contribution is 2.25. The van der Waals surface area contributed by atoms with Gasteiger partial charge in [0.15, 0.2) is 5.69 Å². The Morgan fingerprint density at radius 3 is 2.27 bits per heavy atom. The summed E-state index contributed by atoms with van der Waals surface area (Å²) in [6, 6.07) is 0. The summed E-state index contributed by atoms with van der Waals surface area (Å²) in [6.07, 6.45) is -3.80. The molecule has 0 aliphatic heterocycles. The van der Waals surface area contributed by atoms with Gasteiger partial charge in [-0.3, -0.25) is 0 Å². The lowest BCUT2D eigenvalue weighted by molar-refractivity contribution is -0.142. The van der Waals surface area contributed by atoms with Crippen LogP contribution in [0.4, 0.5) is 13.2 Å². The van der Waals surface area contributed by atoms with E-state index in [9.17, 15) is 13.2 Å². The third-order valence-electron chi connectivity index (χ3n) is 0.967. The van der Waals surface area contributed by atoms with Gasteiger partial charge < -0.3 is 0 Å². The Bertz CT molecular complexity index is 240. The number of halogens is 3. The molecular weight excluding hydrogens is 159 g/mol. The Kier molecular flexibility index (Phi) is 1.76. The first kappa shape index (κ1) is 7.90. The molecule has 6 heteroatoms. The first-order valence-electron chi connectivity index (χ1n) is 2.73. The van der Waals surface area contributed by atoms with Gasteiger partial charge in [-0.05, 0) is 6.92 Å². The van der Waals surface area contributed by atoms with Crippen LogP contribution < -0.4 is 0 Å². The zero-order chi connectivity index (χ0) is 8.48. The Hall–Kier alpha value is -1.20. The second-order valence-corrected chi connectivity index (χ2v) is 1.89. The van der Waals surface area contributed by atoms with Gasteiger partial charge in [0.1, 0.15) is 5.82 Å². The molecule has 1 rings (SSSR count). The normalized spacial score (nSPS) is 11.6. The topological polar surface area (TPSA) is 38.7 Å². The molecule has 0 bridgehead atoms. The van der Waals surface area contributed by atoms with E-state index in [0.717, 1.165) is 0 Å². The molecule has 0 radical (unpaired) electrons. The summed E-state index contributed by atoms with van der Waals surface area (Å²) in [4.78, 5) is 3.35. The van der Waals surface area contributed by atoms with Crippen LogP contribution in [0.1, 0.15) is 11.5 Å². The number of alkyl halides is 3. The molecule has 0 spiro atoms. The van der Waals surface area contributed by atoms with Crippen molar-refractivity contribution in [1.82, 2.24) is 15.2 Å². The van der Waals surface area contributed by atoms with Crippen molar-refractivity contribution in [3.05, 3.63) is 17.7 Å². The van der Waals surface area contributed by atoms with Gasteiger partial charge in [0, 0.05) is 0 Å². The van der Waals surface area contributed by atoms with Crippen LogP contribution in [0.2, 0.25) is 0 Å². The maximum absolute atomic E-state index is 11.8. The number of hydrogen-bond acceptors (Lipinski definition) is 3. The Labute approximate surface area is 60.3 Å². The van der Waals surface area contributed by atoms with E-state index < -0.39 is 11.9 Å². The molecule has 0 saturated heterocycles. The van der Waals surface area contributed by atoms with E-state index in [1.54, 1.807) is 0 Å². The molecule has 0 N–H and O–H groups in total. The van der Waals surface area contributed by atoms with E-state index in [1.807, 2.05) is 0 Å². The fraction of sp³-hybridized carbons (Fsp3) is 0.400. The number of hydrogen-bond donors (Lipinski definition) is 0. The first-order chi connectivity index (χ1) is 5.00. The summed E-state index contributed by atoms with van der Waals surface area (Å²) in [6.45, 7) is 1.47. The molecule has 0 aliphatic rings. The molecule has 0 amide bonds. The summed E-state index contributed by atoms with van der Waals surface area (Å²) in [5.74, 6) is 0.220. The zero-order valence-electron chi connectivity index (χ0n) is 5.55. The fourth-order valence-electron chi connectivity index (χ4n) is 0.462. The van der Waals surface area contributed by atoms with Gasteiger partial charge in [-0.2, -0.15) is 13.2 Å². The van der Waals surface area contributed by atoms with Crippen molar-refractivity contribution in [1.29, 1.82) is 0 Å². The molecule has 0 atom stereocenters. The van der Waals surface area contributed by atoms with Gasteiger partial charge in [-0.15, -0.1) is 10.2 Å². The minimum absolute atomic E-state index is 0.220. The molecule has 0 saturated carbocycles. The van der Waals surface area contributed by atoms with Crippen LogP contribution in [0.3, 0.4) is 0 Å². The van der Waals surface area contributed by atoms with Crippen LogP contribution in [0, 0.1) is 6.92 Å². The average molecular weight is 163 g/mol. The number of aryl methyl sites for hydroxylation is 1. The molecule has 3 nitrogen and oxygen atoms in total. The van der Waals surface area contributed by atoms with Crippen molar-refractivity contribution < 1.29 is 13.2 Å². The molecule has 1 aromatic heterocycles. The van der Waals surface area contributed by atoms with Crippen LogP contribution in [0.15, 0.2) is 6.20 Å². The predicted octanol–water partition coefficient (Wildman–Crippen LogP) is 1.20. The van der Waals surface area contributed by atoms with Gasteiger partial charge in [0.2, 0.25) is 0 Å². The lowest BCUT2D eigenvalue weighted by Gasteiger charge is -2.02. The number of nitrogens with zero attached hydrogens (tertiary/aromatic N) is 3. The van der Waals surface area contributed by atoms with Crippen molar-refractivity contribution in [3.63, 3.8) is 0 Å². The maximum atomic E-state index is 11.8. The maximum Gasteiger partial charge on any atom is 0.436 e. The number of aromatic nitrogens is 3. The zero-order valence-corrected chi connectivity index (χ0v) is 5.55. The van der Waals surface area contributed by atoms with Crippen molar-refractivity contribution >= 4 is 0 Å². The van der Waals surface area contributed by atoms with Gasteiger partial charge in [-0.1, -0.05) is 0 Å². The van der Waals surface area contributed by atoms with E-state index >= 15 is 0 Å². The van der Waals surface area contributed by atoms with E-state index in [4.69, 9.17) is 0 Å². The highest BCUT2D eigenvalue weighted by Gasteiger charge is 2.33. The summed E-state index contributed by atoms with van der Waals surface area (Å²) < 4.78 is 35.3. The molecule has 60 valence electrons. The van der Waals surface area contributed by atoms with Gasteiger partial charge in [-0.25, -0.2) is 4.98 Å². The molecule has 0 unspecified atom stereocenters. The number of rotatable bonds is 0. The lowest BCUT2D eigenvalue weighted by atomic mass is 10.5. The lowest BCUT2D eigenvalue weighted by Crippen LogP contribution is -2.10. The van der Waals surface area contributed by atoms with Crippen LogP contribution in [0.25, 0.3) is 0 Å². The van der Waals surface area contributed by atoms with Crippen molar-refractivity contribution in [2.75, 3.05) is 0 Å². The van der Waals surface area contributed by atoms with E-state index in [-0.39, 0.29) is 5.82 Å².